The molecule has 3 heterocycles. The molecule has 2 unspecified atom stereocenters. The van der Waals surface area contributed by atoms with E-state index in [0.717, 1.165) is 44.6 Å². The summed E-state index contributed by atoms with van der Waals surface area (Å²) in [5, 5.41) is 0. The van der Waals surface area contributed by atoms with E-state index in [1.165, 1.54) is 0 Å². The van der Waals surface area contributed by atoms with Crippen molar-refractivity contribution in [2.75, 3.05) is 13.2 Å². The quantitative estimate of drug-likeness (QED) is 0.321. The summed E-state index contributed by atoms with van der Waals surface area (Å²) in [4.78, 5) is 78.3. The summed E-state index contributed by atoms with van der Waals surface area (Å²) < 4.78 is 12.0. The standard InChI is InChI=1S/C24H30N2O8S2/c1-5-9-11-13(23(31)33-7-3)25-19(27)15-16(20(25)28)36-18-17(35-15)21(29)26(22(18)30)14(12-10-6-2)24(32)34-8-4/h13-14H,5-12H2,1-4H3. The van der Waals surface area contributed by atoms with E-state index in [4.69, 9.17) is 9.47 Å². The maximum Gasteiger partial charge on any atom is 0.329 e. The molecule has 0 saturated carbocycles. The maximum atomic E-state index is 13.3. The van der Waals surface area contributed by atoms with Crippen molar-refractivity contribution in [2.45, 2.75) is 78.3 Å². The molecule has 0 saturated heterocycles. The SMILES string of the molecule is CCCCC(C(=O)OCC)n1c(=O)c2sc3c(=O)n(C(CCCC)C(=O)OCC)c(=O)c3sc2c1=O. The van der Waals surface area contributed by atoms with Gasteiger partial charge < -0.3 is 9.47 Å². The van der Waals surface area contributed by atoms with Crippen LogP contribution in [0.25, 0.3) is 18.8 Å². The Labute approximate surface area is 214 Å². The van der Waals surface area contributed by atoms with Gasteiger partial charge in [0.25, 0.3) is 22.2 Å². The van der Waals surface area contributed by atoms with E-state index in [9.17, 15) is 28.8 Å². The van der Waals surface area contributed by atoms with Gasteiger partial charge in [-0.3, -0.25) is 28.3 Å². The number of carbonyl (C=O) groups excluding carboxylic acids is 2. The molecule has 0 aromatic carbocycles. The Bertz CT molecular complexity index is 1300. The van der Waals surface area contributed by atoms with E-state index in [0.29, 0.717) is 12.8 Å². The van der Waals surface area contributed by atoms with E-state index >= 15 is 0 Å². The molecule has 2 atom stereocenters. The molecule has 0 fully saturated rings. The lowest BCUT2D eigenvalue weighted by atomic mass is 10.1. The van der Waals surface area contributed by atoms with Crippen molar-refractivity contribution < 1.29 is 19.1 Å². The van der Waals surface area contributed by atoms with Gasteiger partial charge in [0.1, 0.15) is 30.9 Å². The smallest absolute Gasteiger partial charge is 0.329 e. The number of unbranched alkanes of at least 4 members (excludes halogenated alkanes) is 2. The zero-order chi connectivity index (χ0) is 26.6. The summed E-state index contributed by atoms with van der Waals surface area (Å²) in [6, 6.07) is -2.17. The first kappa shape index (κ1) is 27.7. The van der Waals surface area contributed by atoms with Crippen molar-refractivity contribution in [3.8, 4) is 0 Å². The first-order valence-corrected chi connectivity index (χ1v) is 13.8. The van der Waals surface area contributed by atoms with Crippen molar-refractivity contribution in [3.63, 3.8) is 0 Å². The number of aromatic nitrogens is 2. The summed E-state index contributed by atoms with van der Waals surface area (Å²) in [7, 11) is 0. The average molecular weight is 539 g/mol. The second kappa shape index (κ2) is 11.9. The largest absolute Gasteiger partial charge is 0.464 e. The Morgan fingerprint density at radius 1 is 0.639 bits per heavy atom. The molecule has 0 radical (unpaired) electrons. The van der Waals surface area contributed by atoms with Gasteiger partial charge in [0.15, 0.2) is 0 Å². The minimum Gasteiger partial charge on any atom is -0.464 e. The lowest BCUT2D eigenvalue weighted by Gasteiger charge is -2.15. The number of nitrogens with zero attached hydrogens (tertiary/aromatic N) is 2. The number of carbonyl (C=O) groups is 2. The number of ether oxygens (including phenoxy) is 2. The Hall–Kier alpha value is -2.86. The number of fused-ring (bicyclic) bond motifs is 2. The van der Waals surface area contributed by atoms with Crippen LogP contribution in [0.5, 0.6) is 0 Å². The summed E-state index contributed by atoms with van der Waals surface area (Å²) in [5.74, 6) is -1.34. The average Bonchev–Trinajstić information content (AvgIpc) is 3.24. The van der Waals surface area contributed by atoms with E-state index in [1.54, 1.807) is 13.8 Å². The van der Waals surface area contributed by atoms with E-state index in [2.05, 4.69) is 0 Å². The lowest BCUT2D eigenvalue weighted by molar-refractivity contribution is -0.148. The molecule has 0 amide bonds. The van der Waals surface area contributed by atoms with Crippen molar-refractivity contribution in [1.82, 2.24) is 9.13 Å². The van der Waals surface area contributed by atoms with Gasteiger partial charge in [-0.05, 0) is 26.7 Å². The molecule has 0 N–H and O–H groups in total. The molecule has 0 aliphatic heterocycles. The van der Waals surface area contributed by atoms with E-state index in [1.807, 2.05) is 13.8 Å². The molecule has 0 aliphatic rings. The molecule has 0 bridgehead atoms. The van der Waals surface area contributed by atoms with E-state index in [-0.39, 0.29) is 44.9 Å². The molecule has 3 rings (SSSR count). The number of rotatable bonds is 12. The highest BCUT2D eigenvalue weighted by molar-refractivity contribution is 7.36. The molecule has 12 heteroatoms. The third-order valence-corrected chi connectivity index (χ3v) is 8.47. The zero-order valence-corrected chi connectivity index (χ0v) is 22.4. The highest BCUT2D eigenvalue weighted by Gasteiger charge is 2.31. The second-order valence-electron chi connectivity index (χ2n) is 8.30. The van der Waals surface area contributed by atoms with Crippen LogP contribution in [0.15, 0.2) is 19.2 Å². The van der Waals surface area contributed by atoms with Gasteiger partial charge >= 0.3 is 11.9 Å². The number of esters is 2. The molecule has 0 aliphatic carbocycles. The van der Waals surface area contributed by atoms with Gasteiger partial charge in [-0.1, -0.05) is 39.5 Å². The fourth-order valence-corrected chi connectivity index (χ4v) is 6.49. The van der Waals surface area contributed by atoms with Gasteiger partial charge in [-0.25, -0.2) is 9.59 Å². The predicted molar refractivity (Wildman–Crippen MR) is 140 cm³/mol. The fraction of sp³-hybridized carbons (Fsp3) is 0.583. The van der Waals surface area contributed by atoms with Crippen molar-refractivity contribution >= 4 is 53.4 Å². The number of hydrogen-bond donors (Lipinski definition) is 0. The predicted octanol–water partition coefficient (Wildman–Crippen LogP) is 3.19. The Morgan fingerprint density at radius 2 is 0.944 bits per heavy atom. The maximum absolute atomic E-state index is 13.3. The third kappa shape index (κ3) is 5.01. The Kier molecular flexibility index (Phi) is 9.18. The minimum absolute atomic E-state index is 0.00112. The van der Waals surface area contributed by atoms with Crippen LogP contribution in [-0.2, 0) is 19.1 Å². The summed E-state index contributed by atoms with van der Waals surface area (Å²) in [6.07, 6.45) is 3.19. The van der Waals surface area contributed by atoms with Gasteiger partial charge in [0.05, 0.1) is 13.2 Å². The Morgan fingerprint density at radius 3 is 1.19 bits per heavy atom. The van der Waals surface area contributed by atoms with Gasteiger partial charge in [0.2, 0.25) is 0 Å². The van der Waals surface area contributed by atoms with Crippen LogP contribution in [0, 0.1) is 0 Å². The van der Waals surface area contributed by atoms with Crippen molar-refractivity contribution in [3.05, 3.63) is 41.4 Å². The van der Waals surface area contributed by atoms with Gasteiger partial charge in [-0.15, -0.1) is 22.7 Å². The van der Waals surface area contributed by atoms with Crippen LogP contribution in [0.2, 0.25) is 0 Å². The highest BCUT2D eigenvalue weighted by atomic mass is 32.1. The Balaban J connectivity index is 2.26. The van der Waals surface area contributed by atoms with Crippen LogP contribution in [0.1, 0.15) is 78.3 Å². The molecule has 10 nitrogen and oxygen atoms in total. The normalized spacial score (nSPS) is 13.2. The van der Waals surface area contributed by atoms with Crippen LogP contribution < -0.4 is 22.2 Å². The number of hydrogen-bond acceptors (Lipinski definition) is 10. The van der Waals surface area contributed by atoms with E-state index < -0.39 is 46.3 Å². The van der Waals surface area contributed by atoms with Crippen molar-refractivity contribution in [2.24, 2.45) is 0 Å². The fourth-order valence-electron chi connectivity index (χ4n) is 4.12. The molecule has 3 aromatic rings. The topological polar surface area (TPSA) is 131 Å². The summed E-state index contributed by atoms with van der Waals surface area (Å²) in [6.45, 7) is 7.32. The molecular formula is C24H30N2O8S2. The zero-order valence-electron chi connectivity index (χ0n) is 20.8. The van der Waals surface area contributed by atoms with Gasteiger partial charge in [-0.2, -0.15) is 0 Å². The molecule has 3 aromatic heterocycles. The second-order valence-corrected chi connectivity index (χ2v) is 10.3. The third-order valence-electron chi connectivity index (χ3n) is 5.88. The van der Waals surface area contributed by atoms with Crippen molar-refractivity contribution in [1.29, 1.82) is 0 Å². The lowest BCUT2D eigenvalue weighted by Crippen LogP contribution is -2.35. The molecular weight excluding hydrogens is 508 g/mol. The van der Waals surface area contributed by atoms with Crippen LogP contribution in [0.4, 0.5) is 0 Å². The van der Waals surface area contributed by atoms with Gasteiger partial charge in [0, 0.05) is 0 Å². The minimum atomic E-state index is -1.09. The monoisotopic (exact) mass is 538 g/mol. The van der Waals surface area contributed by atoms with Crippen LogP contribution in [0.3, 0.4) is 0 Å². The highest BCUT2D eigenvalue weighted by Crippen LogP contribution is 2.28. The van der Waals surface area contributed by atoms with Crippen LogP contribution >= 0.6 is 22.7 Å². The first-order valence-electron chi connectivity index (χ1n) is 12.2. The summed E-state index contributed by atoms with van der Waals surface area (Å²) in [5.41, 5.74) is -2.78. The summed E-state index contributed by atoms with van der Waals surface area (Å²) >= 11 is 1.49. The molecule has 36 heavy (non-hydrogen) atoms. The van der Waals surface area contributed by atoms with Crippen LogP contribution in [-0.4, -0.2) is 34.3 Å². The molecule has 0 spiro atoms. The molecule has 196 valence electrons. The first-order chi connectivity index (χ1) is 17.2.